The molecule has 246 valence electrons. The van der Waals surface area contributed by atoms with E-state index in [9.17, 15) is 0 Å². The van der Waals surface area contributed by atoms with Crippen LogP contribution in [-0.2, 0) is 10.8 Å². The van der Waals surface area contributed by atoms with Crippen molar-refractivity contribution in [3.63, 3.8) is 0 Å². The highest BCUT2D eigenvalue weighted by molar-refractivity contribution is 5.91. The van der Waals surface area contributed by atoms with E-state index in [1.165, 1.54) is 66.8 Å². The van der Waals surface area contributed by atoms with Crippen LogP contribution >= 0.6 is 0 Å². The molecule has 52 heavy (non-hydrogen) atoms. The minimum absolute atomic E-state index is 0.506. The highest BCUT2D eigenvalue weighted by Crippen LogP contribution is 2.64. The average molecular weight is 664 g/mol. The topological polar surface area (TPSA) is 3.24 Å². The first kappa shape index (κ1) is 30.4. The lowest BCUT2D eigenvalue weighted by atomic mass is 9.51. The fourth-order valence-corrected chi connectivity index (χ4v) is 9.44. The maximum atomic E-state index is 2.46. The molecule has 1 spiro atoms. The lowest BCUT2D eigenvalue weighted by molar-refractivity contribution is 0.623. The summed E-state index contributed by atoms with van der Waals surface area (Å²) in [4.78, 5) is 2.32. The molecular formula is C51H37N. The van der Waals surface area contributed by atoms with Gasteiger partial charge in [-0.1, -0.05) is 182 Å². The van der Waals surface area contributed by atoms with E-state index in [1.54, 1.807) is 0 Å². The summed E-state index contributed by atoms with van der Waals surface area (Å²) in [6.07, 6.45) is 0. The quantitative estimate of drug-likeness (QED) is 0.177. The van der Waals surface area contributed by atoms with Gasteiger partial charge < -0.3 is 4.90 Å². The molecule has 0 aliphatic heterocycles. The molecule has 0 saturated carbocycles. The van der Waals surface area contributed by atoms with Crippen LogP contribution in [0.2, 0.25) is 0 Å². The van der Waals surface area contributed by atoms with Crippen molar-refractivity contribution in [1.29, 1.82) is 0 Å². The third-order valence-electron chi connectivity index (χ3n) is 11.7. The van der Waals surface area contributed by atoms with Gasteiger partial charge in [-0.05, 0) is 91.0 Å². The molecule has 0 atom stereocenters. The van der Waals surface area contributed by atoms with Gasteiger partial charge in [-0.3, -0.25) is 0 Å². The van der Waals surface area contributed by atoms with Gasteiger partial charge in [0.25, 0.3) is 0 Å². The number of hydrogen-bond acceptors (Lipinski definition) is 1. The van der Waals surface area contributed by atoms with E-state index in [0.717, 1.165) is 11.4 Å². The molecule has 0 N–H and O–H groups in total. The maximum Gasteiger partial charge on any atom is 0.0720 e. The Morgan fingerprint density at radius 1 is 0.308 bits per heavy atom. The van der Waals surface area contributed by atoms with Crippen LogP contribution in [0.15, 0.2) is 206 Å². The Kier molecular flexibility index (Phi) is 6.91. The number of hydrogen-bond donors (Lipinski definition) is 0. The molecule has 8 aromatic rings. The van der Waals surface area contributed by atoms with Gasteiger partial charge in [-0.2, -0.15) is 0 Å². The Labute approximate surface area is 306 Å². The summed E-state index contributed by atoms with van der Waals surface area (Å²) >= 11 is 0. The van der Waals surface area contributed by atoms with E-state index >= 15 is 0 Å². The third-order valence-corrected chi connectivity index (χ3v) is 11.7. The molecule has 0 bridgehead atoms. The number of rotatable bonds is 5. The van der Waals surface area contributed by atoms with Gasteiger partial charge in [-0.25, -0.2) is 0 Å². The van der Waals surface area contributed by atoms with Crippen molar-refractivity contribution in [3.05, 3.63) is 251 Å². The van der Waals surface area contributed by atoms with Gasteiger partial charge >= 0.3 is 0 Å². The summed E-state index contributed by atoms with van der Waals surface area (Å²) in [7, 11) is 2.19. The van der Waals surface area contributed by atoms with Gasteiger partial charge in [0.05, 0.1) is 10.8 Å². The van der Waals surface area contributed by atoms with Crippen molar-refractivity contribution in [2.45, 2.75) is 10.8 Å². The molecule has 0 heterocycles. The van der Waals surface area contributed by atoms with Crippen molar-refractivity contribution in [3.8, 4) is 22.3 Å². The van der Waals surface area contributed by atoms with Gasteiger partial charge in [0.2, 0.25) is 0 Å². The highest BCUT2D eigenvalue weighted by atomic mass is 15.1. The van der Waals surface area contributed by atoms with Crippen LogP contribution in [-0.4, -0.2) is 7.05 Å². The van der Waals surface area contributed by atoms with Crippen LogP contribution in [0.4, 0.5) is 11.4 Å². The molecular weight excluding hydrogens is 627 g/mol. The molecule has 0 aromatic heterocycles. The van der Waals surface area contributed by atoms with E-state index in [4.69, 9.17) is 0 Å². The van der Waals surface area contributed by atoms with Gasteiger partial charge in [0, 0.05) is 18.4 Å². The zero-order chi connectivity index (χ0) is 34.7. The molecule has 1 nitrogen and oxygen atoms in total. The molecule has 0 unspecified atom stereocenters. The molecule has 2 aliphatic rings. The first-order chi connectivity index (χ1) is 25.7. The van der Waals surface area contributed by atoms with Crippen molar-refractivity contribution < 1.29 is 0 Å². The Morgan fingerprint density at radius 2 is 0.712 bits per heavy atom. The van der Waals surface area contributed by atoms with E-state index in [0.29, 0.717) is 0 Å². The molecule has 0 amide bonds. The lowest BCUT2D eigenvalue weighted by Crippen LogP contribution is -2.44. The first-order valence-electron chi connectivity index (χ1n) is 18.2. The molecule has 8 aromatic carbocycles. The van der Waals surface area contributed by atoms with Crippen LogP contribution in [0.5, 0.6) is 0 Å². The smallest absolute Gasteiger partial charge is 0.0720 e. The SMILES string of the molecule is CN(c1ccc(-c2ccccc2)cc1)c1ccc2c(c1)C1(c3ccccc3-2)c2ccccc2C(c2ccccc2)(c2ccccc2)c2ccccc21. The molecule has 1 heteroatoms. The fraction of sp³-hybridized carbons (Fsp3) is 0.0588. The van der Waals surface area contributed by atoms with E-state index in [2.05, 4.69) is 218 Å². The summed E-state index contributed by atoms with van der Waals surface area (Å²) in [5.41, 5.74) is 16.9. The predicted molar refractivity (Wildman–Crippen MR) is 216 cm³/mol. The Hall–Kier alpha value is -6.44. The third kappa shape index (κ3) is 4.17. The predicted octanol–water partition coefficient (Wildman–Crippen LogP) is 12.2. The Morgan fingerprint density at radius 3 is 1.27 bits per heavy atom. The first-order valence-corrected chi connectivity index (χ1v) is 18.2. The lowest BCUT2D eigenvalue weighted by Gasteiger charge is -2.50. The second kappa shape index (κ2) is 11.8. The molecule has 0 fully saturated rings. The van der Waals surface area contributed by atoms with Gasteiger partial charge in [0.1, 0.15) is 0 Å². The van der Waals surface area contributed by atoms with Crippen molar-refractivity contribution >= 4 is 11.4 Å². The van der Waals surface area contributed by atoms with Crippen molar-refractivity contribution in [1.82, 2.24) is 0 Å². The zero-order valence-corrected chi connectivity index (χ0v) is 29.1. The number of fused-ring (bicyclic) bond motifs is 9. The van der Waals surface area contributed by atoms with E-state index in [1.807, 2.05) is 0 Å². The summed E-state index contributed by atoms with van der Waals surface area (Å²) in [6, 6.07) is 76.5. The van der Waals surface area contributed by atoms with E-state index in [-0.39, 0.29) is 0 Å². The van der Waals surface area contributed by atoms with Gasteiger partial charge in [0.15, 0.2) is 0 Å². The van der Waals surface area contributed by atoms with Crippen LogP contribution in [0.3, 0.4) is 0 Å². The summed E-state index contributed by atoms with van der Waals surface area (Å²) in [5.74, 6) is 0. The molecule has 0 radical (unpaired) electrons. The minimum Gasteiger partial charge on any atom is -0.345 e. The van der Waals surface area contributed by atoms with Crippen LogP contribution in [0.25, 0.3) is 22.3 Å². The second-order valence-corrected chi connectivity index (χ2v) is 14.1. The largest absolute Gasteiger partial charge is 0.345 e. The van der Waals surface area contributed by atoms with Gasteiger partial charge in [-0.15, -0.1) is 0 Å². The van der Waals surface area contributed by atoms with Crippen LogP contribution in [0, 0.1) is 0 Å². The Bertz CT molecular complexity index is 2480. The van der Waals surface area contributed by atoms with Crippen LogP contribution < -0.4 is 4.90 Å². The standard InChI is InChI=1S/C51H37N/c1-52(40-31-29-37(30-32-40)36-17-5-2-6-18-36)41-33-34-43-42-23-11-12-24-44(42)51(49(43)35-41)47-27-15-13-25-45(47)50(38-19-7-3-8-20-38,39-21-9-4-10-22-39)46-26-14-16-28-48(46)51/h2-35H,1H3. The minimum atomic E-state index is -0.514. The normalized spacial score (nSPS) is 14.2. The van der Waals surface area contributed by atoms with E-state index < -0.39 is 10.8 Å². The maximum absolute atomic E-state index is 2.46. The monoisotopic (exact) mass is 663 g/mol. The summed E-state index contributed by atoms with van der Waals surface area (Å²) in [5, 5.41) is 0. The van der Waals surface area contributed by atoms with Crippen molar-refractivity contribution in [2.24, 2.45) is 0 Å². The highest BCUT2D eigenvalue weighted by Gasteiger charge is 2.56. The fourth-order valence-electron chi connectivity index (χ4n) is 9.44. The average Bonchev–Trinajstić information content (AvgIpc) is 3.52. The Balaban J connectivity index is 1.24. The van der Waals surface area contributed by atoms with Crippen molar-refractivity contribution in [2.75, 3.05) is 11.9 Å². The molecule has 10 rings (SSSR count). The second-order valence-electron chi connectivity index (χ2n) is 14.1. The van der Waals surface area contributed by atoms with Crippen LogP contribution in [0.1, 0.15) is 44.5 Å². The number of benzene rings is 8. The number of anilines is 2. The number of nitrogens with zero attached hydrogens (tertiary/aromatic N) is 1. The molecule has 2 aliphatic carbocycles. The zero-order valence-electron chi connectivity index (χ0n) is 29.1. The summed E-state index contributed by atoms with van der Waals surface area (Å²) in [6.45, 7) is 0. The molecule has 0 saturated heterocycles. The summed E-state index contributed by atoms with van der Waals surface area (Å²) < 4.78 is 0.